The van der Waals surface area contributed by atoms with E-state index in [9.17, 15) is 10.1 Å². The monoisotopic (exact) mass is 256 g/mol. The highest BCUT2D eigenvalue weighted by Crippen LogP contribution is 2.31. The number of aliphatic hydroxyl groups is 1. The van der Waals surface area contributed by atoms with E-state index in [1.807, 2.05) is 0 Å². The van der Waals surface area contributed by atoms with E-state index in [2.05, 4.69) is 10.1 Å². The van der Waals surface area contributed by atoms with E-state index < -0.39 is 11.0 Å². The molecule has 0 fully saturated rings. The molecule has 0 aliphatic heterocycles. The number of nitro groups is 1. The quantitative estimate of drug-likeness (QED) is 0.608. The molecule has 1 atom stereocenters. The Bertz CT molecular complexity index is 537. The molecule has 2 heterocycles. The number of hydrogen-bond donors (Lipinski definition) is 2. The second-order valence-corrected chi connectivity index (χ2v) is 4.20. The highest BCUT2D eigenvalue weighted by molar-refractivity contribution is 7.18. The van der Waals surface area contributed by atoms with Gasteiger partial charge in [0.05, 0.1) is 22.4 Å². The van der Waals surface area contributed by atoms with Crippen molar-refractivity contribution in [3.05, 3.63) is 28.1 Å². The van der Waals surface area contributed by atoms with Crippen LogP contribution in [0.2, 0.25) is 0 Å². The molecule has 2 rings (SSSR count). The van der Waals surface area contributed by atoms with E-state index in [1.54, 1.807) is 0 Å². The third kappa shape index (κ3) is 2.30. The van der Waals surface area contributed by atoms with Crippen LogP contribution in [0.25, 0.3) is 10.8 Å². The van der Waals surface area contributed by atoms with Crippen molar-refractivity contribution in [1.29, 1.82) is 0 Å². The van der Waals surface area contributed by atoms with Gasteiger partial charge < -0.3 is 15.4 Å². The van der Waals surface area contributed by atoms with Crippen LogP contribution in [0.15, 0.2) is 16.7 Å². The van der Waals surface area contributed by atoms with Gasteiger partial charge in [0.25, 0.3) is 5.89 Å². The number of aromatic nitrogens is 2. The van der Waals surface area contributed by atoms with Crippen molar-refractivity contribution in [2.75, 3.05) is 6.61 Å². The van der Waals surface area contributed by atoms with Crippen molar-refractivity contribution in [2.24, 2.45) is 5.73 Å². The zero-order valence-electron chi connectivity index (χ0n) is 8.44. The molecule has 9 heteroatoms. The predicted octanol–water partition coefficient (Wildman–Crippen LogP) is 0.698. The summed E-state index contributed by atoms with van der Waals surface area (Å²) in [6.45, 7) is -0.302. The summed E-state index contributed by atoms with van der Waals surface area (Å²) < 4.78 is 4.90. The first kappa shape index (κ1) is 11.6. The van der Waals surface area contributed by atoms with Crippen molar-refractivity contribution in [3.63, 3.8) is 0 Å². The van der Waals surface area contributed by atoms with Crippen LogP contribution < -0.4 is 5.73 Å². The van der Waals surface area contributed by atoms with E-state index >= 15 is 0 Å². The topological polar surface area (TPSA) is 128 Å². The van der Waals surface area contributed by atoms with Gasteiger partial charge in [0.2, 0.25) is 0 Å². The van der Waals surface area contributed by atoms with Crippen molar-refractivity contribution in [3.8, 4) is 10.8 Å². The lowest BCUT2D eigenvalue weighted by atomic mass is 10.3. The van der Waals surface area contributed by atoms with Crippen molar-refractivity contribution in [2.45, 2.75) is 6.04 Å². The molecule has 0 bridgehead atoms. The van der Waals surface area contributed by atoms with Crippen molar-refractivity contribution >= 4 is 16.3 Å². The largest absolute Gasteiger partial charge is 0.394 e. The Labute approximate surface area is 98.8 Å². The molecule has 0 aliphatic carbocycles. The highest BCUT2D eigenvalue weighted by atomic mass is 32.1. The third-order valence-corrected chi connectivity index (χ3v) is 2.98. The molecule has 0 saturated carbocycles. The second-order valence-electron chi connectivity index (χ2n) is 3.14. The van der Waals surface area contributed by atoms with Crippen LogP contribution in [-0.4, -0.2) is 26.8 Å². The van der Waals surface area contributed by atoms with E-state index in [0.29, 0.717) is 4.88 Å². The summed E-state index contributed by atoms with van der Waals surface area (Å²) in [5, 5.41) is 22.9. The summed E-state index contributed by atoms with van der Waals surface area (Å²) in [6.07, 6.45) is 0. The van der Waals surface area contributed by atoms with Gasteiger partial charge in [-0.3, -0.25) is 10.1 Å². The van der Waals surface area contributed by atoms with E-state index in [-0.39, 0.29) is 23.3 Å². The van der Waals surface area contributed by atoms with Gasteiger partial charge in [0, 0.05) is 6.07 Å². The first-order valence-electron chi connectivity index (χ1n) is 4.56. The van der Waals surface area contributed by atoms with Gasteiger partial charge in [-0.1, -0.05) is 16.5 Å². The Hall–Kier alpha value is -1.84. The lowest BCUT2D eigenvalue weighted by Crippen LogP contribution is -2.15. The summed E-state index contributed by atoms with van der Waals surface area (Å²) in [5.74, 6) is 0.320. The molecule has 90 valence electrons. The third-order valence-electron chi connectivity index (χ3n) is 1.95. The van der Waals surface area contributed by atoms with Crippen LogP contribution in [0.3, 0.4) is 0 Å². The van der Waals surface area contributed by atoms with E-state index in [4.69, 9.17) is 15.4 Å². The Morgan fingerprint density at radius 1 is 1.65 bits per heavy atom. The molecule has 8 nitrogen and oxygen atoms in total. The fourth-order valence-corrected chi connectivity index (χ4v) is 1.85. The normalized spacial score (nSPS) is 12.6. The molecule has 0 amide bonds. The molecule has 0 saturated heterocycles. The number of rotatable bonds is 4. The maximum atomic E-state index is 10.5. The highest BCUT2D eigenvalue weighted by Gasteiger charge is 2.18. The Kier molecular flexibility index (Phi) is 3.13. The minimum atomic E-state index is -0.720. The Balaban J connectivity index is 2.27. The van der Waals surface area contributed by atoms with Crippen LogP contribution in [0.1, 0.15) is 11.9 Å². The maximum Gasteiger partial charge on any atom is 0.324 e. The maximum absolute atomic E-state index is 10.5. The molecular formula is C8H8N4O4S. The second kappa shape index (κ2) is 4.57. The molecule has 17 heavy (non-hydrogen) atoms. The van der Waals surface area contributed by atoms with Crippen LogP contribution in [0, 0.1) is 10.1 Å². The summed E-state index contributed by atoms with van der Waals surface area (Å²) in [7, 11) is 0. The van der Waals surface area contributed by atoms with Gasteiger partial charge in [0.15, 0.2) is 5.82 Å². The first-order chi connectivity index (χ1) is 8.11. The first-order valence-corrected chi connectivity index (χ1v) is 5.38. The smallest absolute Gasteiger partial charge is 0.324 e. The molecule has 0 spiro atoms. The van der Waals surface area contributed by atoms with Crippen molar-refractivity contribution in [1.82, 2.24) is 10.1 Å². The van der Waals surface area contributed by atoms with Gasteiger partial charge in [-0.2, -0.15) is 4.98 Å². The number of nitrogens with zero attached hydrogens (tertiary/aromatic N) is 3. The SMILES string of the molecule is NC(CO)c1noc(-c2ccc([N+](=O)[O-])s2)n1. The standard InChI is InChI=1S/C8H8N4O4S/c9-4(3-13)7-10-8(16-11-7)5-1-2-6(17-5)12(14)15/h1-2,4,13H,3,9H2. The minimum Gasteiger partial charge on any atom is -0.394 e. The molecule has 0 aliphatic rings. The molecule has 0 aromatic carbocycles. The summed E-state index contributed by atoms with van der Waals surface area (Å²) in [6, 6.07) is 2.16. The summed E-state index contributed by atoms with van der Waals surface area (Å²) >= 11 is 0.928. The van der Waals surface area contributed by atoms with Crippen molar-refractivity contribution < 1.29 is 14.6 Å². The molecular weight excluding hydrogens is 248 g/mol. The summed E-state index contributed by atoms with van der Waals surface area (Å²) in [5.41, 5.74) is 5.50. The van der Waals surface area contributed by atoms with Gasteiger partial charge in [-0.25, -0.2) is 0 Å². The molecule has 1 unspecified atom stereocenters. The predicted molar refractivity (Wildman–Crippen MR) is 58.3 cm³/mol. The van der Waals surface area contributed by atoms with E-state index in [1.165, 1.54) is 12.1 Å². The van der Waals surface area contributed by atoms with Crippen LogP contribution in [0.4, 0.5) is 5.00 Å². The number of hydrogen-bond acceptors (Lipinski definition) is 8. The zero-order valence-corrected chi connectivity index (χ0v) is 9.25. The Morgan fingerprint density at radius 3 is 3.00 bits per heavy atom. The lowest BCUT2D eigenvalue weighted by Gasteiger charge is -1.98. The number of aliphatic hydroxyl groups excluding tert-OH is 1. The molecule has 2 aromatic rings. The average Bonchev–Trinajstić information content (AvgIpc) is 2.95. The number of thiophene rings is 1. The van der Waals surface area contributed by atoms with Gasteiger partial charge >= 0.3 is 5.00 Å². The fourth-order valence-electron chi connectivity index (χ4n) is 1.11. The van der Waals surface area contributed by atoms with Crippen LogP contribution in [0.5, 0.6) is 0 Å². The fraction of sp³-hybridized carbons (Fsp3) is 0.250. The molecule has 2 aromatic heterocycles. The van der Waals surface area contributed by atoms with Crippen LogP contribution in [-0.2, 0) is 0 Å². The zero-order chi connectivity index (χ0) is 12.4. The van der Waals surface area contributed by atoms with Gasteiger partial charge in [-0.05, 0) is 6.07 Å². The number of nitrogens with two attached hydrogens (primary N) is 1. The van der Waals surface area contributed by atoms with Gasteiger partial charge in [0.1, 0.15) is 0 Å². The molecule has 3 N–H and O–H groups in total. The average molecular weight is 256 g/mol. The molecule has 0 radical (unpaired) electrons. The van der Waals surface area contributed by atoms with Crippen LogP contribution >= 0.6 is 11.3 Å². The summed E-state index contributed by atoms with van der Waals surface area (Å²) in [4.78, 5) is 14.4. The lowest BCUT2D eigenvalue weighted by molar-refractivity contribution is -0.380. The Morgan fingerprint density at radius 2 is 2.41 bits per heavy atom. The minimum absolute atomic E-state index is 0.00814. The van der Waals surface area contributed by atoms with E-state index in [0.717, 1.165) is 11.3 Å². The van der Waals surface area contributed by atoms with Gasteiger partial charge in [-0.15, -0.1) is 0 Å².